The lowest BCUT2D eigenvalue weighted by molar-refractivity contribution is -0.128. The molecule has 4 heterocycles. The van der Waals surface area contributed by atoms with Crippen LogP contribution < -0.4 is 10.6 Å². The van der Waals surface area contributed by atoms with Gasteiger partial charge in [-0.05, 0) is 50.0 Å². The van der Waals surface area contributed by atoms with Crippen molar-refractivity contribution in [3.05, 3.63) is 82.8 Å². The maximum absolute atomic E-state index is 15.9. The number of anilines is 1. The zero-order valence-corrected chi connectivity index (χ0v) is 25.2. The Labute approximate surface area is 248 Å². The standard InChI is InChI=1S/C32H35F2N7O2/c1-8-25(42)39-14-20(7)40(15-19(39)6)30-22-13-24(34)28(21-11-9-10-12-23(21)33)37-31(22)41(32(43)38-30)29-26(17(2)3)35-16-36-27(29)18(4)5/h8-13,16-20H,1,14-15H2,2-7H3/t19-,20+/m1/s1. The normalized spacial score (nSPS) is 17.3. The van der Waals surface area contributed by atoms with Gasteiger partial charge in [-0.1, -0.05) is 46.4 Å². The van der Waals surface area contributed by atoms with Crippen LogP contribution in [0.4, 0.5) is 14.6 Å². The van der Waals surface area contributed by atoms with Crippen LogP contribution in [0, 0.1) is 11.6 Å². The number of nitrogens with zero attached hydrogens (tertiary/aromatic N) is 7. The smallest absolute Gasteiger partial charge is 0.349 e. The van der Waals surface area contributed by atoms with E-state index >= 15 is 4.39 Å². The van der Waals surface area contributed by atoms with Gasteiger partial charge in [0.1, 0.15) is 29.5 Å². The van der Waals surface area contributed by atoms with E-state index in [-0.39, 0.29) is 57.9 Å². The molecule has 0 aliphatic carbocycles. The summed E-state index contributed by atoms with van der Waals surface area (Å²) in [6.07, 6.45) is 2.74. The van der Waals surface area contributed by atoms with E-state index in [0.717, 1.165) is 0 Å². The van der Waals surface area contributed by atoms with Gasteiger partial charge in [-0.25, -0.2) is 33.1 Å². The molecule has 5 rings (SSSR count). The Morgan fingerprint density at radius 1 is 0.977 bits per heavy atom. The molecule has 0 bridgehead atoms. The monoisotopic (exact) mass is 587 g/mol. The predicted molar refractivity (Wildman–Crippen MR) is 162 cm³/mol. The van der Waals surface area contributed by atoms with Gasteiger partial charge in [-0.2, -0.15) is 4.98 Å². The molecule has 0 spiro atoms. The van der Waals surface area contributed by atoms with Crippen molar-refractivity contribution in [2.24, 2.45) is 0 Å². The van der Waals surface area contributed by atoms with Crippen molar-refractivity contribution in [2.45, 2.75) is 65.5 Å². The van der Waals surface area contributed by atoms with Crippen LogP contribution in [0.5, 0.6) is 0 Å². The predicted octanol–water partition coefficient (Wildman–Crippen LogP) is 5.37. The summed E-state index contributed by atoms with van der Waals surface area (Å²) in [6, 6.07) is 6.55. The fourth-order valence-electron chi connectivity index (χ4n) is 5.70. The fraction of sp³-hybridized carbons (Fsp3) is 0.375. The Kier molecular flexibility index (Phi) is 8.09. The number of carbonyl (C=O) groups excluding carboxylic acids is 1. The second-order valence-electron chi connectivity index (χ2n) is 11.6. The maximum Gasteiger partial charge on any atom is 0.355 e. The van der Waals surface area contributed by atoms with Crippen LogP contribution in [0.1, 0.15) is 64.8 Å². The van der Waals surface area contributed by atoms with E-state index in [0.29, 0.717) is 30.2 Å². The van der Waals surface area contributed by atoms with E-state index in [4.69, 9.17) is 0 Å². The molecule has 0 radical (unpaired) electrons. The summed E-state index contributed by atoms with van der Waals surface area (Å²) >= 11 is 0. The number of hydrogen-bond acceptors (Lipinski definition) is 7. The second-order valence-corrected chi connectivity index (χ2v) is 11.6. The molecule has 1 saturated heterocycles. The lowest BCUT2D eigenvalue weighted by Crippen LogP contribution is -2.58. The van der Waals surface area contributed by atoms with Crippen molar-refractivity contribution < 1.29 is 13.6 Å². The van der Waals surface area contributed by atoms with Gasteiger partial charge in [-0.3, -0.25) is 4.79 Å². The Bertz CT molecular complexity index is 1760. The van der Waals surface area contributed by atoms with Crippen LogP contribution in [-0.2, 0) is 4.79 Å². The van der Waals surface area contributed by atoms with E-state index in [1.807, 2.05) is 46.4 Å². The lowest BCUT2D eigenvalue weighted by atomic mass is 10.0. The molecule has 224 valence electrons. The molecule has 1 aromatic carbocycles. The number of benzene rings is 1. The summed E-state index contributed by atoms with van der Waals surface area (Å²) in [7, 11) is 0. The number of pyridine rings is 1. The largest absolute Gasteiger partial charge is 0.355 e. The van der Waals surface area contributed by atoms with Crippen LogP contribution in [-0.4, -0.2) is 60.5 Å². The van der Waals surface area contributed by atoms with Gasteiger partial charge in [0.05, 0.1) is 22.5 Å². The molecular formula is C32H35F2N7O2. The Morgan fingerprint density at radius 3 is 2.23 bits per heavy atom. The van der Waals surface area contributed by atoms with Crippen LogP contribution in [0.3, 0.4) is 0 Å². The topological polar surface area (TPSA) is 97.1 Å². The summed E-state index contributed by atoms with van der Waals surface area (Å²) in [5.41, 5.74) is 0.843. The van der Waals surface area contributed by atoms with Crippen molar-refractivity contribution in [3.8, 4) is 16.9 Å². The lowest BCUT2D eigenvalue weighted by Gasteiger charge is -2.44. The molecule has 1 aliphatic heterocycles. The first kappa shape index (κ1) is 29.9. The molecule has 3 aromatic heterocycles. The van der Waals surface area contributed by atoms with E-state index < -0.39 is 17.3 Å². The third-order valence-corrected chi connectivity index (χ3v) is 7.84. The van der Waals surface area contributed by atoms with Crippen molar-refractivity contribution in [2.75, 3.05) is 18.0 Å². The second kappa shape index (κ2) is 11.6. The molecule has 0 unspecified atom stereocenters. The van der Waals surface area contributed by atoms with Crippen LogP contribution in [0.2, 0.25) is 0 Å². The van der Waals surface area contributed by atoms with Crippen LogP contribution in [0.15, 0.2) is 54.1 Å². The summed E-state index contributed by atoms with van der Waals surface area (Å²) in [6.45, 7) is 15.9. The molecule has 9 nitrogen and oxygen atoms in total. The van der Waals surface area contributed by atoms with Crippen molar-refractivity contribution in [3.63, 3.8) is 0 Å². The average molecular weight is 588 g/mol. The van der Waals surface area contributed by atoms with Gasteiger partial charge in [0.25, 0.3) is 0 Å². The molecule has 43 heavy (non-hydrogen) atoms. The van der Waals surface area contributed by atoms with Crippen LogP contribution >= 0.6 is 0 Å². The molecule has 2 atom stereocenters. The Balaban J connectivity index is 1.86. The van der Waals surface area contributed by atoms with Crippen molar-refractivity contribution >= 4 is 22.8 Å². The summed E-state index contributed by atoms with van der Waals surface area (Å²) in [5.74, 6) is -1.55. The number of rotatable bonds is 6. The van der Waals surface area contributed by atoms with E-state index in [2.05, 4.69) is 26.5 Å². The number of aromatic nitrogens is 5. The summed E-state index contributed by atoms with van der Waals surface area (Å²) in [4.78, 5) is 48.4. The van der Waals surface area contributed by atoms with Gasteiger partial charge < -0.3 is 9.80 Å². The minimum Gasteiger partial charge on any atom is -0.349 e. The molecule has 0 saturated carbocycles. The third kappa shape index (κ3) is 5.28. The first-order valence-electron chi connectivity index (χ1n) is 14.4. The zero-order valence-electron chi connectivity index (χ0n) is 25.2. The molecule has 1 amide bonds. The SMILES string of the molecule is C=CC(=O)N1C[C@H](C)N(c2nc(=O)n(-c3c(C(C)C)ncnc3C(C)C)c3nc(-c4ccccc4F)c(F)cc23)C[C@H]1C. The number of piperazine rings is 1. The average Bonchev–Trinajstić information content (AvgIpc) is 2.97. The minimum atomic E-state index is -0.760. The number of halogens is 2. The van der Waals surface area contributed by atoms with Crippen LogP contribution in [0.25, 0.3) is 28.0 Å². The van der Waals surface area contributed by atoms with Crippen molar-refractivity contribution in [1.29, 1.82) is 0 Å². The highest BCUT2D eigenvalue weighted by Gasteiger charge is 2.34. The van der Waals surface area contributed by atoms with E-state index in [1.165, 1.54) is 41.2 Å². The highest BCUT2D eigenvalue weighted by Crippen LogP contribution is 2.35. The molecular weight excluding hydrogens is 552 g/mol. The Hall–Kier alpha value is -4.54. The highest BCUT2D eigenvalue weighted by atomic mass is 19.1. The quantitative estimate of drug-likeness (QED) is 0.280. The summed E-state index contributed by atoms with van der Waals surface area (Å²) < 4.78 is 32.2. The van der Waals surface area contributed by atoms with E-state index in [1.54, 1.807) is 11.0 Å². The minimum absolute atomic E-state index is 0.0321. The van der Waals surface area contributed by atoms with Gasteiger partial charge >= 0.3 is 5.69 Å². The Morgan fingerprint density at radius 2 is 1.63 bits per heavy atom. The molecule has 1 aliphatic rings. The first-order chi connectivity index (χ1) is 20.4. The van der Waals surface area contributed by atoms with Gasteiger partial charge in [-0.15, -0.1) is 0 Å². The van der Waals surface area contributed by atoms with E-state index in [9.17, 15) is 14.0 Å². The molecule has 0 N–H and O–H groups in total. The number of carbonyl (C=O) groups is 1. The molecule has 11 heteroatoms. The number of amides is 1. The fourth-order valence-corrected chi connectivity index (χ4v) is 5.70. The number of hydrogen-bond donors (Lipinski definition) is 0. The zero-order chi connectivity index (χ0) is 31.2. The van der Waals surface area contributed by atoms with Gasteiger partial charge in [0.15, 0.2) is 5.65 Å². The first-order valence-corrected chi connectivity index (χ1v) is 14.4. The molecule has 4 aromatic rings. The van der Waals surface area contributed by atoms with Gasteiger partial charge in [0, 0.05) is 30.7 Å². The molecule has 1 fully saturated rings. The summed E-state index contributed by atoms with van der Waals surface area (Å²) in [5, 5.41) is 0.271. The van der Waals surface area contributed by atoms with Gasteiger partial charge in [0.2, 0.25) is 5.91 Å². The third-order valence-electron chi connectivity index (χ3n) is 7.84. The number of fused-ring (bicyclic) bond motifs is 1. The highest BCUT2D eigenvalue weighted by molar-refractivity contribution is 5.91. The maximum atomic E-state index is 15.9. The van der Waals surface area contributed by atoms with Crippen molar-refractivity contribution in [1.82, 2.24) is 29.4 Å².